The predicted molar refractivity (Wildman–Crippen MR) is 92.8 cm³/mol. The number of hydrogen-bond donors (Lipinski definition) is 1. The largest absolute Gasteiger partial charge is 0.393 e. The molecule has 1 aromatic heterocycles. The van der Waals surface area contributed by atoms with Crippen molar-refractivity contribution in [3.63, 3.8) is 0 Å². The Bertz CT molecular complexity index is 760. The number of likely N-dealkylation sites (tertiary alicyclic amines) is 1. The number of fused-ring (bicyclic) bond motifs is 1. The summed E-state index contributed by atoms with van der Waals surface area (Å²) in [6.07, 6.45) is 2.50. The Hall–Kier alpha value is -1.79. The highest BCUT2D eigenvalue weighted by atomic mass is 32.1. The highest BCUT2D eigenvalue weighted by molar-refractivity contribution is 7.08. The number of carbonyl (C=O) groups is 1. The van der Waals surface area contributed by atoms with Crippen molar-refractivity contribution in [1.82, 2.24) is 14.5 Å². The van der Waals surface area contributed by atoms with E-state index in [4.69, 9.17) is 0 Å². The van der Waals surface area contributed by atoms with Crippen LogP contribution in [0.4, 0.5) is 0 Å². The predicted octanol–water partition coefficient (Wildman–Crippen LogP) is 2.75. The van der Waals surface area contributed by atoms with Gasteiger partial charge in [0.1, 0.15) is 10.6 Å². The fourth-order valence-electron chi connectivity index (χ4n) is 4.06. The van der Waals surface area contributed by atoms with Crippen LogP contribution in [0.15, 0.2) is 24.3 Å². The van der Waals surface area contributed by atoms with Gasteiger partial charge in [0.15, 0.2) is 0 Å². The van der Waals surface area contributed by atoms with E-state index in [9.17, 15) is 9.90 Å². The molecular formula is C18H21N3O2S. The maximum Gasteiger partial charge on any atom is 0.267 e. The van der Waals surface area contributed by atoms with Crippen LogP contribution in [-0.2, 0) is 0 Å². The number of amides is 1. The van der Waals surface area contributed by atoms with E-state index in [0.29, 0.717) is 22.4 Å². The van der Waals surface area contributed by atoms with E-state index in [2.05, 4.69) is 9.59 Å². The molecular weight excluding hydrogens is 322 g/mol. The van der Waals surface area contributed by atoms with Crippen molar-refractivity contribution < 1.29 is 9.90 Å². The second kappa shape index (κ2) is 6.26. The first-order valence-electron chi connectivity index (χ1n) is 8.49. The minimum Gasteiger partial charge on any atom is -0.393 e. The molecule has 0 spiro atoms. The number of aryl methyl sites for hydroxylation is 1. The maximum absolute atomic E-state index is 13.0. The highest BCUT2D eigenvalue weighted by Gasteiger charge is 2.40. The first-order chi connectivity index (χ1) is 11.6. The van der Waals surface area contributed by atoms with E-state index < -0.39 is 0 Å². The Morgan fingerprint density at radius 2 is 2.04 bits per heavy atom. The number of aromatic nitrogens is 2. The summed E-state index contributed by atoms with van der Waals surface area (Å²) in [4.78, 5) is 15.6. The van der Waals surface area contributed by atoms with Gasteiger partial charge in [-0.25, -0.2) is 0 Å². The van der Waals surface area contributed by atoms with Crippen LogP contribution in [-0.4, -0.2) is 44.7 Å². The monoisotopic (exact) mass is 343 g/mol. The molecule has 3 atom stereocenters. The molecule has 2 fully saturated rings. The Labute approximate surface area is 145 Å². The molecule has 6 heteroatoms. The number of nitrogens with zero attached hydrogens (tertiary/aromatic N) is 3. The Balaban J connectivity index is 1.59. The molecule has 1 amide bonds. The lowest BCUT2D eigenvalue weighted by atomic mass is 9.80. The van der Waals surface area contributed by atoms with Crippen LogP contribution in [0.2, 0.25) is 0 Å². The van der Waals surface area contributed by atoms with Gasteiger partial charge in [-0.05, 0) is 55.1 Å². The van der Waals surface area contributed by atoms with Crippen molar-refractivity contribution in [2.75, 3.05) is 13.1 Å². The van der Waals surface area contributed by atoms with E-state index in [0.717, 1.165) is 43.5 Å². The minimum atomic E-state index is -0.200. The van der Waals surface area contributed by atoms with Gasteiger partial charge in [-0.15, -0.1) is 5.10 Å². The molecule has 24 heavy (non-hydrogen) atoms. The molecule has 2 aliphatic rings. The Kier molecular flexibility index (Phi) is 4.10. The van der Waals surface area contributed by atoms with Crippen molar-refractivity contribution in [3.05, 3.63) is 34.7 Å². The van der Waals surface area contributed by atoms with Crippen LogP contribution in [0.5, 0.6) is 0 Å². The summed E-state index contributed by atoms with van der Waals surface area (Å²) in [5.74, 6) is 0.993. The SMILES string of the molecule is Cc1ccccc1-c1nnsc1C(=O)N1C[C@H]2C[C@@H](O)CC[C@H]2C1. The number of rotatable bonds is 2. The van der Waals surface area contributed by atoms with Crippen LogP contribution < -0.4 is 0 Å². The summed E-state index contributed by atoms with van der Waals surface area (Å²) in [7, 11) is 0. The van der Waals surface area contributed by atoms with Gasteiger partial charge >= 0.3 is 0 Å². The lowest BCUT2D eigenvalue weighted by molar-refractivity contribution is 0.0781. The van der Waals surface area contributed by atoms with E-state index in [1.807, 2.05) is 36.1 Å². The van der Waals surface area contributed by atoms with Crippen LogP contribution in [0.25, 0.3) is 11.3 Å². The summed E-state index contributed by atoms with van der Waals surface area (Å²) in [5.41, 5.74) is 2.76. The van der Waals surface area contributed by atoms with Gasteiger partial charge in [0, 0.05) is 18.7 Å². The zero-order valence-electron chi connectivity index (χ0n) is 13.7. The van der Waals surface area contributed by atoms with Gasteiger partial charge in [0.25, 0.3) is 5.91 Å². The molecule has 126 valence electrons. The van der Waals surface area contributed by atoms with E-state index >= 15 is 0 Å². The number of hydrogen-bond acceptors (Lipinski definition) is 5. The lowest BCUT2D eigenvalue weighted by Gasteiger charge is -2.27. The number of carbonyl (C=O) groups excluding carboxylic acids is 1. The van der Waals surface area contributed by atoms with Crippen LogP contribution in [0.1, 0.15) is 34.5 Å². The van der Waals surface area contributed by atoms with E-state index in [1.165, 1.54) is 11.5 Å². The molecule has 1 saturated heterocycles. The molecule has 1 aliphatic carbocycles. The number of aliphatic hydroxyl groups excluding tert-OH is 1. The van der Waals surface area contributed by atoms with Crippen LogP contribution >= 0.6 is 11.5 Å². The third kappa shape index (κ3) is 2.74. The highest BCUT2D eigenvalue weighted by Crippen LogP contribution is 2.38. The van der Waals surface area contributed by atoms with Crippen molar-refractivity contribution >= 4 is 17.4 Å². The lowest BCUT2D eigenvalue weighted by Crippen LogP contribution is -2.29. The summed E-state index contributed by atoms with van der Waals surface area (Å²) in [5, 5.41) is 14.1. The average molecular weight is 343 g/mol. The summed E-state index contributed by atoms with van der Waals surface area (Å²) >= 11 is 1.18. The van der Waals surface area contributed by atoms with Crippen molar-refractivity contribution in [1.29, 1.82) is 0 Å². The summed E-state index contributed by atoms with van der Waals surface area (Å²) < 4.78 is 4.04. The van der Waals surface area contributed by atoms with Crippen molar-refractivity contribution in [2.45, 2.75) is 32.3 Å². The number of aliphatic hydroxyl groups is 1. The number of benzene rings is 1. The van der Waals surface area contributed by atoms with Crippen LogP contribution in [0, 0.1) is 18.8 Å². The Morgan fingerprint density at radius 1 is 1.25 bits per heavy atom. The van der Waals surface area contributed by atoms with E-state index in [1.54, 1.807) is 0 Å². The molecule has 5 nitrogen and oxygen atoms in total. The zero-order chi connectivity index (χ0) is 16.7. The quantitative estimate of drug-likeness (QED) is 0.910. The molecule has 4 rings (SSSR count). The average Bonchev–Trinajstić information content (AvgIpc) is 3.20. The summed E-state index contributed by atoms with van der Waals surface area (Å²) in [6.45, 7) is 3.56. The van der Waals surface area contributed by atoms with Crippen molar-refractivity contribution in [2.24, 2.45) is 11.8 Å². The first kappa shape index (κ1) is 15.7. The molecule has 0 radical (unpaired) electrons. The van der Waals surface area contributed by atoms with Gasteiger partial charge < -0.3 is 10.0 Å². The molecule has 0 bridgehead atoms. The third-order valence-corrected chi connectivity index (χ3v) is 6.11. The maximum atomic E-state index is 13.0. The molecule has 1 aromatic carbocycles. The van der Waals surface area contributed by atoms with Gasteiger partial charge in [-0.1, -0.05) is 28.8 Å². The van der Waals surface area contributed by atoms with Gasteiger partial charge in [0.05, 0.1) is 6.10 Å². The van der Waals surface area contributed by atoms with Crippen molar-refractivity contribution in [3.8, 4) is 11.3 Å². The fourth-order valence-corrected chi connectivity index (χ4v) is 4.71. The smallest absolute Gasteiger partial charge is 0.267 e. The third-order valence-electron chi connectivity index (χ3n) is 5.39. The normalized spacial score (nSPS) is 26.4. The molecule has 2 heterocycles. The second-order valence-electron chi connectivity index (χ2n) is 6.96. The van der Waals surface area contributed by atoms with Gasteiger partial charge in [-0.3, -0.25) is 4.79 Å². The van der Waals surface area contributed by atoms with Gasteiger partial charge in [0.2, 0.25) is 0 Å². The standard InChI is InChI=1S/C18H21N3O2S/c1-11-4-2-3-5-15(11)16-17(24-20-19-16)18(23)21-9-12-6-7-14(22)8-13(12)10-21/h2-5,12-14,22H,6-10H2,1H3/t12-,13+,14-/m0/s1. The molecule has 1 aliphatic heterocycles. The zero-order valence-corrected chi connectivity index (χ0v) is 14.5. The van der Waals surface area contributed by atoms with E-state index in [-0.39, 0.29) is 12.0 Å². The summed E-state index contributed by atoms with van der Waals surface area (Å²) in [6, 6.07) is 7.95. The fraction of sp³-hybridized carbons (Fsp3) is 0.500. The first-order valence-corrected chi connectivity index (χ1v) is 9.26. The molecule has 2 aromatic rings. The Morgan fingerprint density at radius 3 is 2.88 bits per heavy atom. The minimum absolute atomic E-state index is 0.0344. The topological polar surface area (TPSA) is 66.3 Å². The molecule has 0 unspecified atom stereocenters. The second-order valence-corrected chi connectivity index (χ2v) is 7.72. The molecule has 1 N–H and O–H groups in total. The van der Waals surface area contributed by atoms with Gasteiger partial charge in [-0.2, -0.15) is 0 Å². The van der Waals surface area contributed by atoms with Crippen LogP contribution in [0.3, 0.4) is 0 Å². The molecule has 1 saturated carbocycles.